The minimum Gasteiger partial charge on any atom is -0.329 e. The van der Waals surface area contributed by atoms with E-state index in [0.717, 1.165) is 6.54 Å². The third kappa shape index (κ3) is 3.05. The van der Waals surface area contributed by atoms with Gasteiger partial charge < -0.3 is 11.1 Å². The summed E-state index contributed by atoms with van der Waals surface area (Å²) in [6, 6.07) is 15.0. The second kappa shape index (κ2) is 4.86. The number of rotatable bonds is 4. The summed E-state index contributed by atoms with van der Waals surface area (Å²) >= 11 is 0. The molecule has 0 aromatic heterocycles. The molecule has 2 heteroatoms. The Hall–Kier alpha value is -1.38. The number of fused-ring (bicyclic) bond motifs is 1. The molecule has 0 saturated heterocycles. The lowest BCUT2D eigenvalue weighted by Gasteiger charge is -2.24. The summed E-state index contributed by atoms with van der Waals surface area (Å²) in [5.74, 6) is 0. The zero-order chi connectivity index (χ0) is 12.3. The van der Waals surface area contributed by atoms with Crippen molar-refractivity contribution in [2.45, 2.75) is 25.9 Å². The largest absolute Gasteiger partial charge is 0.329 e. The van der Waals surface area contributed by atoms with Crippen molar-refractivity contribution >= 4 is 10.8 Å². The molecular weight excluding hydrogens is 208 g/mol. The van der Waals surface area contributed by atoms with E-state index in [4.69, 9.17) is 5.73 Å². The van der Waals surface area contributed by atoms with Crippen LogP contribution < -0.4 is 11.1 Å². The fourth-order valence-corrected chi connectivity index (χ4v) is 1.76. The molecule has 0 aliphatic carbocycles. The van der Waals surface area contributed by atoms with Gasteiger partial charge in [0.15, 0.2) is 0 Å². The van der Waals surface area contributed by atoms with E-state index in [-0.39, 0.29) is 5.54 Å². The molecule has 2 rings (SSSR count). The molecule has 2 nitrogen and oxygen atoms in total. The van der Waals surface area contributed by atoms with E-state index in [2.05, 4.69) is 61.6 Å². The Morgan fingerprint density at radius 3 is 2.47 bits per heavy atom. The van der Waals surface area contributed by atoms with Gasteiger partial charge in [0.05, 0.1) is 0 Å². The van der Waals surface area contributed by atoms with Gasteiger partial charge in [0.25, 0.3) is 0 Å². The minimum atomic E-state index is -0.00829. The molecule has 2 aromatic carbocycles. The molecule has 2 aromatic rings. The molecule has 0 aliphatic rings. The minimum absolute atomic E-state index is 0.00829. The van der Waals surface area contributed by atoms with E-state index < -0.39 is 0 Å². The Kier molecular flexibility index (Phi) is 3.46. The lowest BCUT2D eigenvalue weighted by atomic mass is 10.0. The first-order valence-corrected chi connectivity index (χ1v) is 6.03. The van der Waals surface area contributed by atoms with Crippen LogP contribution in [0.5, 0.6) is 0 Å². The maximum atomic E-state index is 5.70. The highest BCUT2D eigenvalue weighted by Crippen LogP contribution is 2.16. The lowest BCUT2D eigenvalue weighted by Crippen LogP contribution is -2.45. The van der Waals surface area contributed by atoms with Crippen molar-refractivity contribution in [3.63, 3.8) is 0 Å². The van der Waals surface area contributed by atoms with E-state index in [1.807, 2.05) is 0 Å². The number of nitrogens with one attached hydrogen (secondary N) is 1. The Morgan fingerprint density at radius 2 is 1.76 bits per heavy atom. The summed E-state index contributed by atoms with van der Waals surface area (Å²) < 4.78 is 0. The molecule has 0 spiro atoms. The predicted octanol–water partition coefficient (Wildman–Crippen LogP) is 2.67. The quantitative estimate of drug-likeness (QED) is 0.844. The molecule has 0 saturated carbocycles. The molecule has 3 N–H and O–H groups in total. The molecule has 0 unspecified atom stereocenters. The molecule has 90 valence electrons. The molecule has 0 atom stereocenters. The van der Waals surface area contributed by atoms with Crippen LogP contribution in [0.3, 0.4) is 0 Å². The lowest BCUT2D eigenvalue weighted by molar-refractivity contribution is 0.397. The maximum absolute atomic E-state index is 5.70. The fraction of sp³-hybridized carbons (Fsp3) is 0.333. The van der Waals surface area contributed by atoms with E-state index in [1.165, 1.54) is 16.3 Å². The van der Waals surface area contributed by atoms with Crippen LogP contribution in [0.4, 0.5) is 0 Å². The van der Waals surface area contributed by atoms with Gasteiger partial charge in [0, 0.05) is 18.6 Å². The van der Waals surface area contributed by atoms with Gasteiger partial charge in [-0.25, -0.2) is 0 Å². The van der Waals surface area contributed by atoms with Crippen molar-refractivity contribution in [1.82, 2.24) is 5.32 Å². The molecule has 0 aliphatic heterocycles. The van der Waals surface area contributed by atoms with Crippen LogP contribution in [-0.2, 0) is 6.54 Å². The summed E-state index contributed by atoms with van der Waals surface area (Å²) in [6.07, 6.45) is 0. The van der Waals surface area contributed by atoms with Gasteiger partial charge in [-0.05, 0) is 36.2 Å². The van der Waals surface area contributed by atoms with Crippen molar-refractivity contribution in [2.75, 3.05) is 6.54 Å². The third-order valence-corrected chi connectivity index (χ3v) is 3.10. The second-order valence-corrected chi connectivity index (χ2v) is 5.12. The van der Waals surface area contributed by atoms with Gasteiger partial charge in [-0.1, -0.05) is 36.4 Å². The van der Waals surface area contributed by atoms with E-state index in [9.17, 15) is 0 Å². The molecule has 0 radical (unpaired) electrons. The molecule has 0 amide bonds. The predicted molar refractivity (Wildman–Crippen MR) is 73.9 cm³/mol. The molecule has 0 heterocycles. The second-order valence-electron chi connectivity index (χ2n) is 5.12. The molecule has 0 fully saturated rings. The van der Waals surface area contributed by atoms with Crippen LogP contribution in [0, 0.1) is 0 Å². The molecule has 0 bridgehead atoms. The summed E-state index contributed by atoms with van der Waals surface area (Å²) in [4.78, 5) is 0. The van der Waals surface area contributed by atoms with Crippen LogP contribution in [-0.4, -0.2) is 12.1 Å². The first kappa shape index (κ1) is 12.1. The summed E-state index contributed by atoms with van der Waals surface area (Å²) in [6.45, 7) is 5.73. The van der Waals surface area contributed by atoms with Crippen LogP contribution >= 0.6 is 0 Å². The first-order valence-electron chi connectivity index (χ1n) is 6.03. The maximum Gasteiger partial charge on any atom is 0.0250 e. The van der Waals surface area contributed by atoms with Gasteiger partial charge >= 0.3 is 0 Å². The van der Waals surface area contributed by atoms with Crippen molar-refractivity contribution in [3.8, 4) is 0 Å². The Morgan fingerprint density at radius 1 is 1.06 bits per heavy atom. The third-order valence-electron chi connectivity index (χ3n) is 3.10. The SMILES string of the molecule is CC(C)(CN)NCc1ccc2ccccc2c1. The summed E-state index contributed by atoms with van der Waals surface area (Å²) in [5, 5.41) is 6.04. The van der Waals surface area contributed by atoms with Crippen molar-refractivity contribution < 1.29 is 0 Å². The van der Waals surface area contributed by atoms with Crippen molar-refractivity contribution in [3.05, 3.63) is 48.0 Å². The topological polar surface area (TPSA) is 38.0 Å². The normalized spacial score (nSPS) is 11.9. The Balaban J connectivity index is 2.14. The fourth-order valence-electron chi connectivity index (χ4n) is 1.76. The van der Waals surface area contributed by atoms with Gasteiger partial charge in [-0.15, -0.1) is 0 Å². The van der Waals surface area contributed by atoms with Crippen LogP contribution in [0.25, 0.3) is 10.8 Å². The highest BCUT2D eigenvalue weighted by atomic mass is 15.0. The van der Waals surface area contributed by atoms with Crippen molar-refractivity contribution in [2.24, 2.45) is 5.73 Å². The van der Waals surface area contributed by atoms with E-state index >= 15 is 0 Å². The van der Waals surface area contributed by atoms with Gasteiger partial charge in [0.2, 0.25) is 0 Å². The summed E-state index contributed by atoms with van der Waals surface area (Å²) in [7, 11) is 0. The van der Waals surface area contributed by atoms with Crippen LogP contribution in [0.1, 0.15) is 19.4 Å². The van der Waals surface area contributed by atoms with E-state index in [0.29, 0.717) is 6.54 Å². The standard InChI is InChI=1S/C15H20N2/c1-15(2,11-16)17-10-12-7-8-13-5-3-4-6-14(13)9-12/h3-9,17H,10-11,16H2,1-2H3. The van der Waals surface area contributed by atoms with Gasteiger partial charge in [-0.3, -0.25) is 0 Å². The van der Waals surface area contributed by atoms with Crippen molar-refractivity contribution in [1.29, 1.82) is 0 Å². The highest BCUT2D eigenvalue weighted by Gasteiger charge is 2.13. The number of hydrogen-bond donors (Lipinski definition) is 2. The van der Waals surface area contributed by atoms with Crippen LogP contribution in [0.15, 0.2) is 42.5 Å². The smallest absolute Gasteiger partial charge is 0.0250 e. The average molecular weight is 228 g/mol. The van der Waals surface area contributed by atoms with Gasteiger partial charge in [-0.2, -0.15) is 0 Å². The number of benzene rings is 2. The highest BCUT2D eigenvalue weighted by molar-refractivity contribution is 5.82. The first-order chi connectivity index (χ1) is 8.11. The van der Waals surface area contributed by atoms with Gasteiger partial charge in [0.1, 0.15) is 0 Å². The zero-order valence-corrected chi connectivity index (χ0v) is 10.5. The number of nitrogens with two attached hydrogens (primary N) is 1. The molecular formula is C15H20N2. The Bertz CT molecular complexity index is 503. The Labute approximate surface area is 103 Å². The van der Waals surface area contributed by atoms with Crippen LogP contribution in [0.2, 0.25) is 0 Å². The monoisotopic (exact) mass is 228 g/mol. The van der Waals surface area contributed by atoms with E-state index in [1.54, 1.807) is 0 Å². The molecule has 17 heavy (non-hydrogen) atoms. The average Bonchev–Trinajstić information content (AvgIpc) is 2.36. The number of hydrogen-bond acceptors (Lipinski definition) is 2. The zero-order valence-electron chi connectivity index (χ0n) is 10.5. The summed E-state index contributed by atoms with van der Waals surface area (Å²) in [5.41, 5.74) is 6.99.